The smallest absolute Gasteiger partial charge is 0.263 e. The normalized spacial score (nSPS) is 26.3. The van der Waals surface area contributed by atoms with E-state index in [4.69, 9.17) is 4.74 Å². The monoisotopic (exact) mass is 352 g/mol. The first kappa shape index (κ1) is 14.9. The van der Waals surface area contributed by atoms with Crippen molar-refractivity contribution < 1.29 is 9.53 Å². The molecule has 1 N–H and O–H groups in total. The molecule has 1 amide bonds. The standard InChI is InChI=1S/C16H21BrN2O2/c1-11(21-15-4-2-3-12(17)9-15)16(20)19-13-5-6-14(19)10-18-8-7-13/h2-4,9,11,13-14,18H,5-8,10H2,1H3. The van der Waals surface area contributed by atoms with E-state index in [-0.39, 0.29) is 5.91 Å². The molecule has 2 aliphatic heterocycles. The quantitative estimate of drug-likeness (QED) is 0.908. The number of nitrogens with one attached hydrogen (secondary N) is 1. The molecule has 0 saturated carbocycles. The van der Waals surface area contributed by atoms with Crippen molar-refractivity contribution in [1.29, 1.82) is 0 Å². The van der Waals surface area contributed by atoms with E-state index in [0.717, 1.165) is 42.6 Å². The first-order valence-electron chi connectivity index (χ1n) is 7.60. The van der Waals surface area contributed by atoms with Crippen molar-refractivity contribution in [3.05, 3.63) is 28.7 Å². The SMILES string of the molecule is CC(Oc1cccc(Br)c1)C(=O)N1C2CCNCC1CC2. The van der Waals surface area contributed by atoms with Gasteiger partial charge in [0.15, 0.2) is 6.10 Å². The van der Waals surface area contributed by atoms with Gasteiger partial charge >= 0.3 is 0 Å². The molecule has 21 heavy (non-hydrogen) atoms. The van der Waals surface area contributed by atoms with Crippen molar-refractivity contribution in [1.82, 2.24) is 10.2 Å². The van der Waals surface area contributed by atoms with Gasteiger partial charge in [-0.2, -0.15) is 0 Å². The van der Waals surface area contributed by atoms with Crippen LogP contribution >= 0.6 is 15.9 Å². The molecule has 2 fully saturated rings. The van der Waals surface area contributed by atoms with E-state index in [1.807, 2.05) is 31.2 Å². The second-order valence-electron chi connectivity index (χ2n) is 5.84. The third kappa shape index (κ3) is 3.24. The van der Waals surface area contributed by atoms with Crippen LogP contribution < -0.4 is 10.1 Å². The Kier molecular flexibility index (Phi) is 4.50. The lowest BCUT2D eigenvalue weighted by molar-refractivity contribution is -0.140. The van der Waals surface area contributed by atoms with E-state index in [9.17, 15) is 4.79 Å². The van der Waals surface area contributed by atoms with Crippen molar-refractivity contribution in [3.8, 4) is 5.75 Å². The number of ether oxygens (including phenoxy) is 1. The number of carbonyl (C=O) groups excluding carboxylic acids is 1. The molecule has 5 heteroatoms. The molecular formula is C16H21BrN2O2. The lowest BCUT2D eigenvalue weighted by atomic mass is 10.1. The van der Waals surface area contributed by atoms with E-state index >= 15 is 0 Å². The number of nitrogens with zero attached hydrogens (tertiary/aromatic N) is 1. The van der Waals surface area contributed by atoms with Gasteiger partial charge in [-0.25, -0.2) is 0 Å². The fourth-order valence-electron chi connectivity index (χ4n) is 3.35. The minimum Gasteiger partial charge on any atom is -0.481 e. The van der Waals surface area contributed by atoms with Gasteiger partial charge in [0.2, 0.25) is 0 Å². The van der Waals surface area contributed by atoms with Crippen LogP contribution in [0.4, 0.5) is 0 Å². The largest absolute Gasteiger partial charge is 0.481 e. The van der Waals surface area contributed by atoms with Crippen molar-refractivity contribution in [2.75, 3.05) is 13.1 Å². The number of hydrogen-bond acceptors (Lipinski definition) is 3. The molecule has 1 aromatic carbocycles. The lowest BCUT2D eigenvalue weighted by Crippen LogP contribution is -2.48. The van der Waals surface area contributed by atoms with Crippen LogP contribution in [0.2, 0.25) is 0 Å². The fraction of sp³-hybridized carbons (Fsp3) is 0.562. The van der Waals surface area contributed by atoms with Gasteiger partial charge in [0.25, 0.3) is 5.91 Å². The maximum absolute atomic E-state index is 12.8. The summed E-state index contributed by atoms with van der Waals surface area (Å²) in [5.74, 6) is 0.844. The number of hydrogen-bond donors (Lipinski definition) is 1. The van der Waals surface area contributed by atoms with Crippen LogP contribution in [-0.2, 0) is 4.79 Å². The number of carbonyl (C=O) groups is 1. The van der Waals surface area contributed by atoms with Crippen molar-refractivity contribution in [2.24, 2.45) is 0 Å². The minimum atomic E-state index is -0.444. The summed E-state index contributed by atoms with van der Waals surface area (Å²) < 4.78 is 6.79. The lowest BCUT2D eigenvalue weighted by Gasteiger charge is -2.30. The predicted octanol–water partition coefficient (Wildman–Crippen LogP) is 2.57. The Bertz CT molecular complexity index is 509. The van der Waals surface area contributed by atoms with E-state index in [0.29, 0.717) is 12.1 Å². The summed E-state index contributed by atoms with van der Waals surface area (Å²) in [6, 6.07) is 8.34. The van der Waals surface area contributed by atoms with Crippen LogP contribution in [-0.4, -0.2) is 42.1 Å². The van der Waals surface area contributed by atoms with Gasteiger partial charge in [-0.15, -0.1) is 0 Å². The summed E-state index contributed by atoms with van der Waals surface area (Å²) in [5.41, 5.74) is 0. The highest BCUT2D eigenvalue weighted by molar-refractivity contribution is 9.10. The topological polar surface area (TPSA) is 41.6 Å². The molecule has 0 aliphatic carbocycles. The molecule has 114 valence electrons. The highest BCUT2D eigenvalue weighted by atomic mass is 79.9. The average molecular weight is 353 g/mol. The van der Waals surface area contributed by atoms with Crippen LogP contribution in [0.3, 0.4) is 0 Å². The molecule has 3 unspecified atom stereocenters. The average Bonchev–Trinajstić information content (AvgIpc) is 2.71. The molecule has 1 aromatic rings. The van der Waals surface area contributed by atoms with Crippen molar-refractivity contribution >= 4 is 21.8 Å². The maximum atomic E-state index is 12.8. The molecule has 3 rings (SSSR count). The van der Waals surface area contributed by atoms with Crippen LogP contribution in [0, 0.1) is 0 Å². The Morgan fingerprint density at radius 3 is 3.00 bits per heavy atom. The summed E-state index contributed by atoms with van der Waals surface area (Å²) in [4.78, 5) is 14.8. The van der Waals surface area contributed by atoms with E-state index < -0.39 is 6.10 Å². The molecule has 2 saturated heterocycles. The second-order valence-corrected chi connectivity index (χ2v) is 6.76. The van der Waals surface area contributed by atoms with Gasteiger partial charge in [0, 0.05) is 23.1 Å². The molecule has 2 aliphatic rings. The van der Waals surface area contributed by atoms with Gasteiger partial charge in [-0.1, -0.05) is 22.0 Å². The first-order valence-corrected chi connectivity index (χ1v) is 8.39. The number of rotatable bonds is 3. The molecule has 2 bridgehead atoms. The molecule has 0 radical (unpaired) electrons. The van der Waals surface area contributed by atoms with Gasteiger partial charge < -0.3 is 15.0 Å². The summed E-state index contributed by atoms with van der Waals surface area (Å²) in [5, 5.41) is 3.42. The van der Waals surface area contributed by atoms with Gasteiger partial charge in [0.1, 0.15) is 5.75 Å². The third-order valence-corrected chi connectivity index (χ3v) is 4.86. The van der Waals surface area contributed by atoms with Crippen LogP contribution in [0.1, 0.15) is 26.2 Å². The zero-order valence-corrected chi connectivity index (χ0v) is 13.8. The van der Waals surface area contributed by atoms with E-state index in [2.05, 4.69) is 26.1 Å². The summed E-state index contributed by atoms with van der Waals surface area (Å²) in [6.07, 6.45) is 2.83. The summed E-state index contributed by atoms with van der Waals surface area (Å²) >= 11 is 3.42. The highest BCUT2D eigenvalue weighted by Crippen LogP contribution is 2.29. The second kappa shape index (κ2) is 6.36. The Labute approximate surface area is 134 Å². The van der Waals surface area contributed by atoms with E-state index in [1.165, 1.54) is 0 Å². The van der Waals surface area contributed by atoms with E-state index in [1.54, 1.807) is 0 Å². The molecular weight excluding hydrogens is 332 g/mol. The summed E-state index contributed by atoms with van der Waals surface area (Å²) in [7, 11) is 0. The fourth-order valence-corrected chi connectivity index (χ4v) is 3.73. The predicted molar refractivity (Wildman–Crippen MR) is 85.4 cm³/mol. The van der Waals surface area contributed by atoms with Crippen LogP contribution in [0.15, 0.2) is 28.7 Å². The number of amides is 1. The molecule has 0 spiro atoms. The van der Waals surface area contributed by atoms with Crippen LogP contribution in [0.5, 0.6) is 5.75 Å². The molecule has 4 nitrogen and oxygen atoms in total. The zero-order chi connectivity index (χ0) is 14.8. The first-order chi connectivity index (χ1) is 10.1. The third-order valence-electron chi connectivity index (χ3n) is 4.37. The Balaban J connectivity index is 1.69. The Hall–Kier alpha value is -1.07. The van der Waals surface area contributed by atoms with Crippen molar-refractivity contribution in [2.45, 2.75) is 44.4 Å². The number of halogens is 1. The maximum Gasteiger partial charge on any atom is 0.263 e. The highest BCUT2D eigenvalue weighted by Gasteiger charge is 2.40. The van der Waals surface area contributed by atoms with Gasteiger partial charge in [-0.3, -0.25) is 4.79 Å². The molecule has 3 atom stereocenters. The Morgan fingerprint density at radius 2 is 2.19 bits per heavy atom. The van der Waals surface area contributed by atoms with Gasteiger partial charge in [0.05, 0.1) is 0 Å². The minimum absolute atomic E-state index is 0.117. The van der Waals surface area contributed by atoms with Gasteiger partial charge in [-0.05, 0) is 50.9 Å². The zero-order valence-electron chi connectivity index (χ0n) is 12.2. The molecule has 2 heterocycles. The Morgan fingerprint density at radius 1 is 1.38 bits per heavy atom. The number of fused-ring (bicyclic) bond motifs is 2. The van der Waals surface area contributed by atoms with Crippen molar-refractivity contribution in [3.63, 3.8) is 0 Å². The number of benzene rings is 1. The molecule has 0 aromatic heterocycles. The van der Waals surface area contributed by atoms with Crippen LogP contribution in [0.25, 0.3) is 0 Å². The summed E-state index contributed by atoms with van der Waals surface area (Å²) in [6.45, 7) is 3.76.